The third-order valence-corrected chi connectivity index (χ3v) is 2.36. The van der Waals surface area contributed by atoms with Gasteiger partial charge in [0.05, 0.1) is 6.61 Å². The number of hydrogen-bond donors (Lipinski definition) is 1. The molecule has 90 valence electrons. The number of methoxy groups -OCH3 is 1. The van der Waals surface area contributed by atoms with Crippen LogP contribution in [-0.2, 0) is 18.2 Å². The highest BCUT2D eigenvalue weighted by atomic mass is 16.5. The minimum absolute atomic E-state index is 0.775. The van der Waals surface area contributed by atoms with E-state index >= 15 is 0 Å². The fourth-order valence-electron chi connectivity index (χ4n) is 1.38. The SMILES string of the molecule is COCCNCCC=CCc1nccn1C. The van der Waals surface area contributed by atoms with Crippen LogP contribution in [0.4, 0.5) is 0 Å². The lowest BCUT2D eigenvalue weighted by molar-refractivity contribution is 0.199. The van der Waals surface area contributed by atoms with Crippen molar-refractivity contribution < 1.29 is 4.74 Å². The van der Waals surface area contributed by atoms with E-state index in [1.165, 1.54) is 0 Å². The Morgan fingerprint density at radius 3 is 3.00 bits per heavy atom. The molecule has 0 radical (unpaired) electrons. The molecule has 0 aromatic carbocycles. The molecule has 0 amide bonds. The molecular formula is C12H21N3O. The number of ether oxygens (including phenoxy) is 1. The van der Waals surface area contributed by atoms with Crippen molar-refractivity contribution in [2.45, 2.75) is 12.8 Å². The van der Waals surface area contributed by atoms with Gasteiger partial charge in [-0.25, -0.2) is 4.98 Å². The van der Waals surface area contributed by atoms with Gasteiger partial charge in [-0.15, -0.1) is 0 Å². The number of aromatic nitrogens is 2. The molecule has 1 N–H and O–H groups in total. The molecule has 1 rings (SSSR count). The fraction of sp³-hybridized carbons (Fsp3) is 0.583. The quantitative estimate of drug-likeness (QED) is 0.531. The Labute approximate surface area is 97.3 Å². The number of allylic oxidation sites excluding steroid dienone is 1. The minimum Gasteiger partial charge on any atom is -0.383 e. The van der Waals surface area contributed by atoms with Crippen molar-refractivity contribution in [1.29, 1.82) is 0 Å². The van der Waals surface area contributed by atoms with E-state index in [0.717, 1.165) is 38.4 Å². The van der Waals surface area contributed by atoms with Gasteiger partial charge in [0.1, 0.15) is 5.82 Å². The van der Waals surface area contributed by atoms with Crippen LogP contribution in [-0.4, -0.2) is 36.4 Å². The Balaban J connectivity index is 2.03. The van der Waals surface area contributed by atoms with Gasteiger partial charge in [-0.1, -0.05) is 12.2 Å². The first kappa shape index (κ1) is 12.9. The van der Waals surface area contributed by atoms with Crippen LogP contribution < -0.4 is 5.32 Å². The molecule has 0 saturated heterocycles. The van der Waals surface area contributed by atoms with E-state index in [2.05, 4.69) is 22.5 Å². The molecule has 1 aromatic rings. The van der Waals surface area contributed by atoms with Crippen molar-refractivity contribution in [2.24, 2.45) is 7.05 Å². The maximum absolute atomic E-state index is 4.94. The molecule has 1 heterocycles. The number of aryl methyl sites for hydroxylation is 1. The van der Waals surface area contributed by atoms with Crippen LogP contribution >= 0.6 is 0 Å². The highest BCUT2D eigenvalue weighted by molar-refractivity contribution is 4.98. The Morgan fingerprint density at radius 1 is 1.44 bits per heavy atom. The summed E-state index contributed by atoms with van der Waals surface area (Å²) in [5, 5.41) is 3.29. The van der Waals surface area contributed by atoms with E-state index in [-0.39, 0.29) is 0 Å². The van der Waals surface area contributed by atoms with Gasteiger partial charge >= 0.3 is 0 Å². The summed E-state index contributed by atoms with van der Waals surface area (Å²) in [4.78, 5) is 4.25. The van der Waals surface area contributed by atoms with Crippen molar-refractivity contribution in [3.8, 4) is 0 Å². The van der Waals surface area contributed by atoms with Gasteiger partial charge in [-0.05, 0) is 13.0 Å². The van der Waals surface area contributed by atoms with Gasteiger partial charge in [-0.3, -0.25) is 0 Å². The normalized spacial score (nSPS) is 11.4. The van der Waals surface area contributed by atoms with Crippen LogP contribution in [0.25, 0.3) is 0 Å². The summed E-state index contributed by atoms with van der Waals surface area (Å²) < 4.78 is 6.98. The van der Waals surface area contributed by atoms with E-state index in [4.69, 9.17) is 4.74 Å². The van der Waals surface area contributed by atoms with Crippen molar-refractivity contribution in [1.82, 2.24) is 14.9 Å². The second kappa shape index (κ2) is 8.07. The zero-order valence-electron chi connectivity index (χ0n) is 10.1. The molecule has 0 aliphatic heterocycles. The lowest BCUT2D eigenvalue weighted by Crippen LogP contribution is -2.19. The van der Waals surface area contributed by atoms with E-state index in [0.29, 0.717) is 0 Å². The molecule has 0 aliphatic carbocycles. The summed E-state index contributed by atoms with van der Waals surface area (Å²) in [5.41, 5.74) is 0. The first-order valence-electron chi connectivity index (χ1n) is 5.65. The fourth-order valence-corrected chi connectivity index (χ4v) is 1.38. The molecule has 1 aromatic heterocycles. The monoisotopic (exact) mass is 223 g/mol. The Morgan fingerprint density at radius 2 is 2.31 bits per heavy atom. The number of imidazole rings is 1. The summed E-state index contributed by atoms with van der Waals surface area (Å²) in [5.74, 6) is 1.10. The second-order valence-electron chi connectivity index (χ2n) is 3.66. The van der Waals surface area contributed by atoms with Gasteiger partial charge in [0, 0.05) is 39.5 Å². The van der Waals surface area contributed by atoms with Crippen LogP contribution in [0.1, 0.15) is 12.2 Å². The van der Waals surface area contributed by atoms with E-state index in [9.17, 15) is 0 Å². The van der Waals surface area contributed by atoms with Crippen molar-refractivity contribution in [2.75, 3.05) is 26.8 Å². The highest BCUT2D eigenvalue weighted by Crippen LogP contribution is 1.96. The Bertz CT molecular complexity index is 307. The predicted octanol–water partition coefficient (Wildman–Crippen LogP) is 1.14. The lowest BCUT2D eigenvalue weighted by Gasteiger charge is -2.00. The first-order valence-corrected chi connectivity index (χ1v) is 5.65. The molecule has 0 fully saturated rings. The predicted molar refractivity (Wildman–Crippen MR) is 65.4 cm³/mol. The van der Waals surface area contributed by atoms with Crippen LogP contribution in [0.3, 0.4) is 0 Å². The molecule has 4 heteroatoms. The zero-order chi connectivity index (χ0) is 11.6. The summed E-state index contributed by atoms with van der Waals surface area (Å²) >= 11 is 0. The number of nitrogens with one attached hydrogen (secondary N) is 1. The average Bonchev–Trinajstić information content (AvgIpc) is 2.68. The number of nitrogens with zero attached hydrogens (tertiary/aromatic N) is 2. The van der Waals surface area contributed by atoms with Gasteiger partial charge in [0.15, 0.2) is 0 Å². The third-order valence-electron chi connectivity index (χ3n) is 2.36. The van der Waals surface area contributed by atoms with Gasteiger partial charge in [0.25, 0.3) is 0 Å². The van der Waals surface area contributed by atoms with E-state index in [1.807, 2.05) is 24.0 Å². The maximum atomic E-state index is 4.94. The molecule has 0 atom stereocenters. The maximum Gasteiger partial charge on any atom is 0.112 e. The molecule has 4 nitrogen and oxygen atoms in total. The molecular weight excluding hydrogens is 202 g/mol. The molecule has 0 aliphatic rings. The van der Waals surface area contributed by atoms with Gasteiger partial charge in [-0.2, -0.15) is 0 Å². The van der Waals surface area contributed by atoms with Crippen molar-refractivity contribution in [3.63, 3.8) is 0 Å². The first-order chi connectivity index (χ1) is 7.84. The Kier molecular flexibility index (Phi) is 6.53. The Hall–Kier alpha value is -1.13. The van der Waals surface area contributed by atoms with Crippen molar-refractivity contribution in [3.05, 3.63) is 30.4 Å². The smallest absolute Gasteiger partial charge is 0.112 e. The number of hydrogen-bond acceptors (Lipinski definition) is 3. The standard InChI is InChI=1S/C12H21N3O/c1-15-10-8-14-12(15)6-4-3-5-7-13-9-11-16-2/h3-4,8,10,13H,5-7,9,11H2,1-2H3. The topological polar surface area (TPSA) is 39.1 Å². The largest absolute Gasteiger partial charge is 0.383 e. The number of rotatable bonds is 8. The van der Waals surface area contributed by atoms with E-state index in [1.54, 1.807) is 7.11 Å². The van der Waals surface area contributed by atoms with Crippen molar-refractivity contribution >= 4 is 0 Å². The van der Waals surface area contributed by atoms with Crippen LogP contribution in [0.5, 0.6) is 0 Å². The second-order valence-corrected chi connectivity index (χ2v) is 3.66. The summed E-state index contributed by atoms with van der Waals surface area (Å²) in [6.45, 7) is 2.70. The average molecular weight is 223 g/mol. The molecule has 0 saturated carbocycles. The summed E-state index contributed by atoms with van der Waals surface area (Å²) in [6, 6.07) is 0. The van der Waals surface area contributed by atoms with Crippen LogP contribution in [0.15, 0.2) is 24.5 Å². The minimum atomic E-state index is 0.775. The molecule has 16 heavy (non-hydrogen) atoms. The zero-order valence-corrected chi connectivity index (χ0v) is 10.1. The molecule has 0 bridgehead atoms. The summed E-state index contributed by atoms with van der Waals surface area (Å²) in [7, 11) is 3.73. The van der Waals surface area contributed by atoms with Crippen LogP contribution in [0, 0.1) is 0 Å². The highest BCUT2D eigenvalue weighted by Gasteiger charge is 1.93. The summed E-state index contributed by atoms with van der Waals surface area (Å²) in [6.07, 6.45) is 10.1. The lowest BCUT2D eigenvalue weighted by atomic mass is 10.3. The third kappa shape index (κ3) is 5.09. The van der Waals surface area contributed by atoms with E-state index < -0.39 is 0 Å². The molecule has 0 unspecified atom stereocenters. The van der Waals surface area contributed by atoms with Crippen LogP contribution in [0.2, 0.25) is 0 Å². The molecule has 0 spiro atoms. The van der Waals surface area contributed by atoms with Gasteiger partial charge in [0.2, 0.25) is 0 Å². The van der Waals surface area contributed by atoms with Gasteiger partial charge < -0.3 is 14.6 Å².